The Hall–Kier alpha value is -3.41. The number of rotatable bonds is 5. The molecule has 1 aromatic heterocycles. The number of hydrogen-bond acceptors (Lipinski definition) is 3. The van der Waals surface area contributed by atoms with Gasteiger partial charge in [-0.15, -0.1) is 0 Å². The van der Waals surface area contributed by atoms with E-state index in [4.69, 9.17) is 9.52 Å². The Labute approximate surface area is 142 Å². The third kappa shape index (κ3) is 4.11. The molecule has 25 heavy (non-hydrogen) atoms. The van der Waals surface area contributed by atoms with E-state index in [1.165, 1.54) is 18.2 Å². The van der Waals surface area contributed by atoms with Crippen LogP contribution in [0.4, 0.5) is 10.1 Å². The molecule has 3 rings (SSSR count). The maximum absolute atomic E-state index is 13.3. The van der Waals surface area contributed by atoms with Crippen molar-refractivity contribution in [3.8, 4) is 11.3 Å². The van der Waals surface area contributed by atoms with E-state index in [1.54, 1.807) is 42.5 Å². The molecule has 0 radical (unpaired) electrons. The van der Waals surface area contributed by atoms with E-state index in [1.807, 2.05) is 0 Å². The average molecular weight is 339 g/mol. The van der Waals surface area contributed by atoms with Crippen molar-refractivity contribution >= 4 is 17.6 Å². The van der Waals surface area contributed by atoms with E-state index >= 15 is 0 Å². The van der Waals surface area contributed by atoms with Gasteiger partial charge in [0.15, 0.2) is 5.76 Å². The Kier molecular flexibility index (Phi) is 4.61. The molecule has 0 atom stereocenters. The van der Waals surface area contributed by atoms with Gasteiger partial charge in [0.05, 0.1) is 6.42 Å². The Morgan fingerprint density at radius 3 is 2.60 bits per heavy atom. The molecule has 0 bridgehead atoms. The number of aliphatic carboxylic acids is 1. The quantitative estimate of drug-likeness (QED) is 0.737. The molecule has 0 aliphatic carbocycles. The van der Waals surface area contributed by atoms with E-state index in [0.717, 1.165) is 0 Å². The molecule has 126 valence electrons. The van der Waals surface area contributed by atoms with Crippen molar-refractivity contribution < 1.29 is 23.5 Å². The Morgan fingerprint density at radius 1 is 1.04 bits per heavy atom. The SMILES string of the molecule is O=C(O)Cc1cccc(NC(=O)c2ccc(-c3cccc(F)c3)o2)c1. The Bertz CT molecular complexity index is 932. The van der Waals surface area contributed by atoms with Gasteiger partial charge >= 0.3 is 5.97 Å². The summed E-state index contributed by atoms with van der Waals surface area (Å²) >= 11 is 0. The summed E-state index contributed by atoms with van der Waals surface area (Å²) in [6, 6.07) is 15.5. The van der Waals surface area contributed by atoms with Gasteiger partial charge in [-0.1, -0.05) is 24.3 Å². The summed E-state index contributed by atoms with van der Waals surface area (Å²) in [6.07, 6.45) is -0.131. The minimum atomic E-state index is -0.950. The monoisotopic (exact) mass is 339 g/mol. The molecule has 1 heterocycles. The van der Waals surface area contributed by atoms with Gasteiger partial charge in [-0.3, -0.25) is 9.59 Å². The minimum Gasteiger partial charge on any atom is -0.481 e. The third-order valence-electron chi connectivity index (χ3n) is 3.48. The topological polar surface area (TPSA) is 79.5 Å². The van der Waals surface area contributed by atoms with Crippen LogP contribution in [-0.2, 0) is 11.2 Å². The van der Waals surface area contributed by atoms with Crippen LogP contribution in [0.25, 0.3) is 11.3 Å². The Balaban J connectivity index is 1.75. The molecule has 2 aromatic carbocycles. The zero-order chi connectivity index (χ0) is 17.8. The lowest BCUT2D eigenvalue weighted by atomic mass is 10.1. The van der Waals surface area contributed by atoms with Gasteiger partial charge in [0.2, 0.25) is 0 Å². The summed E-state index contributed by atoms with van der Waals surface area (Å²) < 4.78 is 18.8. The minimum absolute atomic E-state index is 0.0721. The van der Waals surface area contributed by atoms with Crippen LogP contribution >= 0.6 is 0 Å². The summed E-state index contributed by atoms with van der Waals surface area (Å²) in [4.78, 5) is 23.0. The predicted octanol–water partition coefficient (Wildman–Crippen LogP) is 3.97. The number of anilines is 1. The summed E-state index contributed by atoms with van der Waals surface area (Å²) in [7, 11) is 0. The number of hydrogen-bond donors (Lipinski definition) is 2. The van der Waals surface area contributed by atoms with E-state index in [0.29, 0.717) is 22.6 Å². The van der Waals surface area contributed by atoms with Crippen molar-refractivity contribution in [2.45, 2.75) is 6.42 Å². The second kappa shape index (κ2) is 7.00. The molecule has 0 aliphatic rings. The highest BCUT2D eigenvalue weighted by molar-refractivity contribution is 6.02. The zero-order valence-electron chi connectivity index (χ0n) is 13.0. The van der Waals surface area contributed by atoms with Gasteiger partial charge in [-0.2, -0.15) is 0 Å². The van der Waals surface area contributed by atoms with E-state index in [9.17, 15) is 14.0 Å². The van der Waals surface area contributed by atoms with Crippen molar-refractivity contribution in [1.82, 2.24) is 0 Å². The second-order valence-electron chi connectivity index (χ2n) is 5.40. The van der Waals surface area contributed by atoms with Crippen molar-refractivity contribution in [2.75, 3.05) is 5.32 Å². The average Bonchev–Trinajstić information content (AvgIpc) is 3.05. The van der Waals surface area contributed by atoms with E-state index in [-0.39, 0.29) is 12.2 Å². The number of carbonyl (C=O) groups is 2. The van der Waals surface area contributed by atoms with Crippen molar-refractivity contribution in [2.24, 2.45) is 0 Å². The molecule has 0 unspecified atom stereocenters. The molecule has 0 spiro atoms. The van der Waals surface area contributed by atoms with Crippen LogP contribution in [0.15, 0.2) is 65.1 Å². The van der Waals surface area contributed by atoms with Gasteiger partial charge in [-0.25, -0.2) is 4.39 Å². The maximum Gasteiger partial charge on any atom is 0.307 e. The summed E-state index contributed by atoms with van der Waals surface area (Å²) in [5.41, 5.74) is 1.57. The Morgan fingerprint density at radius 2 is 1.84 bits per heavy atom. The van der Waals surface area contributed by atoms with Crippen LogP contribution < -0.4 is 5.32 Å². The lowest BCUT2D eigenvalue weighted by Gasteiger charge is -2.05. The summed E-state index contributed by atoms with van der Waals surface area (Å²) in [6.45, 7) is 0. The van der Waals surface area contributed by atoms with E-state index < -0.39 is 17.7 Å². The van der Waals surface area contributed by atoms with Crippen molar-refractivity contribution in [1.29, 1.82) is 0 Å². The van der Waals surface area contributed by atoms with Crippen LogP contribution in [0.2, 0.25) is 0 Å². The van der Waals surface area contributed by atoms with E-state index in [2.05, 4.69) is 5.32 Å². The van der Waals surface area contributed by atoms with Gasteiger partial charge in [-0.05, 0) is 42.0 Å². The molecule has 0 aliphatic heterocycles. The fraction of sp³-hybridized carbons (Fsp3) is 0.0526. The molecule has 2 N–H and O–H groups in total. The first-order chi connectivity index (χ1) is 12.0. The number of halogens is 1. The van der Waals surface area contributed by atoms with Gasteiger partial charge in [0, 0.05) is 11.3 Å². The molecule has 3 aromatic rings. The third-order valence-corrected chi connectivity index (χ3v) is 3.48. The summed E-state index contributed by atoms with van der Waals surface area (Å²) in [5, 5.41) is 11.5. The van der Waals surface area contributed by atoms with Crippen molar-refractivity contribution in [3.05, 3.63) is 77.8 Å². The molecule has 0 fully saturated rings. The first kappa shape index (κ1) is 16.4. The normalized spacial score (nSPS) is 10.4. The standard InChI is InChI=1S/C19H14FNO4/c20-14-5-2-4-13(11-14)16-7-8-17(25-16)19(24)21-15-6-1-3-12(9-15)10-18(22)23/h1-9,11H,10H2,(H,21,24)(H,22,23). The molecular weight excluding hydrogens is 325 g/mol. The van der Waals surface area contributed by atoms with Crippen molar-refractivity contribution in [3.63, 3.8) is 0 Å². The highest BCUT2D eigenvalue weighted by Gasteiger charge is 2.13. The maximum atomic E-state index is 13.3. The molecular formula is C19H14FNO4. The van der Waals surface area contributed by atoms with Crippen LogP contribution in [0.3, 0.4) is 0 Å². The number of benzene rings is 2. The molecule has 5 nitrogen and oxygen atoms in total. The largest absolute Gasteiger partial charge is 0.481 e. The van der Waals surface area contributed by atoms with Crippen LogP contribution in [-0.4, -0.2) is 17.0 Å². The number of amides is 1. The van der Waals surface area contributed by atoms with Gasteiger partial charge in [0.1, 0.15) is 11.6 Å². The highest BCUT2D eigenvalue weighted by atomic mass is 19.1. The number of carboxylic acid groups (broad SMARTS) is 1. The number of carboxylic acids is 1. The van der Waals surface area contributed by atoms with Gasteiger partial charge in [0.25, 0.3) is 5.91 Å². The first-order valence-electron chi connectivity index (χ1n) is 7.49. The van der Waals surface area contributed by atoms with Crippen LogP contribution in [0.5, 0.6) is 0 Å². The molecule has 0 saturated carbocycles. The molecule has 6 heteroatoms. The second-order valence-corrected chi connectivity index (χ2v) is 5.40. The number of nitrogens with one attached hydrogen (secondary N) is 1. The fourth-order valence-corrected chi connectivity index (χ4v) is 2.38. The number of furan rings is 1. The fourth-order valence-electron chi connectivity index (χ4n) is 2.38. The lowest BCUT2D eigenvalue weighted by Crippen LogP contribution is -2.11. The smallest absolute Gasteiger partial charge is 0.307 e. The summed E-state index contributed by atoms with van der Waals surface area (Å²) in [5.74, 6) is -1.37. The highest BCUT2D eigenvalue weighted by Crippen LogP contribution is 2.23. The van der Waals surface area contributed by atoms with Gasteiger partial charge < -0.3 is 14.8 Å². The zero-order valence-corrected chi connectivity index (χ0v) is 13.0. The lowest BCUT2D eigenvalue weighted by molar-refractivity contribution is -0.136. The van der Waals surface area contributed by atoms with Crippen LogP contribution in [0.1, 0.15) is 16.1 Å². The van der Waals surface area contributed by atoms with Crippen LogP contribution in [0, 0.1) is 5.82 Å². The number of carbonyl (C=O) groups excluding carboxylic acids is 1. The predicted molar refractivity (Wildman–Crippen MR) is 89.8 cm³/mol. The molecule has 1 amide bonds. The molecule has 0 saturated heterocycles. The first-order valence-corrected chi connectivity index (χ1v) is 7.49.